The highest BCUT2D eigenvalue weighted by atomic mass is 16.3. The molecule has 2 saturated heterocycles. The number of carbonyl (C=O) groups excluding carboxylic acids is 1. The maximum absolute atomic E-state index is 12.6. The third-order valence-corrected chi connectivity index (χ3v) is 4.82. The smallest absolute Gasteiger partial charge is 0.253 e. The van der Waals surface area contributed by atoms with Gasteiger partial charge >= 0.3 is 0 Å². The lowest BCUT2D eigenvalue weighted by Gasteiger charge is -2.26. The molecule has 1 atom stereocenters. The van der Waals surface area contributed by atoms with E-state index < -0.39 is 5.60 Å². The zero-order chi connectivity index (χ0) is 16.4. The SMILES string of the molecule is CN(C)C[C@@]1(O)CCN(C(=O)c2ccc(N3CCCC3)cc2)C1. The van der Waals surface area contributed by atoms with Crippen molar-refractivity contribution >= 4 is 11.6 Å². The molecule has 2 fully saturated rings. The lowest BCUT2D eigenvalue weighted by atomic mass is 10.0. The van der Waals surface area contributed by atoms with Gasteiger partial charge in [0.1, 0.15) is 0 Å². The Kier molecular flexibility index (Phi) is 4.60. The van der Waals surface area contributed by atoms with Crippen molar-refractivity contribution in [3.05, 3.63) is 29.8 Å². The van der Waals surface area contributed by atoms with Crippen LogP contribution in [0.4, 0.5) is 5.69 Å². The van der Waals surface area contributed by atoms with Crippen LogP contribution >= 0.6 is 0 Å². The molecule has 1 aromatic carbocycles. The van der Waals surface area contributed by atoms with Crippen LogP contribution in [-0.2, 0) is 0 Å². The summed E-state index contributed by atoms with van der Waals surface area (Å²) >= 11 is 0. The number of benzene rings is 1. The summed E-state index contributed by atoms with van der Waals surface area (Å²) in [6, 6.07) is 7.92. The summed E-state index contributed by atoms with van der Waals surface area (Å²) < 4.78 is 0. The third-order valence-electron chi connectivity index (χ3n) is 4.82. The highest BCUT2D eigenvalue weighted by molar-refractivity contribution is 5.94. The summed E-state index contributed by atoms with van der Waals surface area (Å²) in [4.78, 5) is 18.7. The van der Waals surface area contributed by atoms with Crippen molar-refractivity contribution < 1.29 is 9.90 Å². The Morgan fingerprint density at radius 3 is 2.43 bits per heavy atom. The Morgan fingerprint density at radius 1 is 1.17 bits per heavy atom. The molecule has 1 N–H and O–H groups in total. The van der Waals surface area contributed by atoms with Gasteiger partial charge in [-0.1, -0.05) is 0 Å². The lowest BCUT2D eigenvalue weighted by molar-refractivity contribution is 0.0236. The number of carbonyl (C=O) groups is 1. The minimum absolute atomic E-state index is 0.0210. The van der Waals surface area contributed by atoms with E-state index in [9.17, 15) is 9.90 Å². The van der Waals surface area contributed by atoms with Crippen LogP contribution in [0.15, 0.2) is 24.3 Å². The van der Waals surface area contributed by atoms with Gasteiger partial charge in [0.2, 0.25) is 0 Å². The first kappa shape index (κ1) is 16.3. The molecule has 5 nitrogen and oxygen atoms in total. The van der Waals surface area contributed by atoms with Gasteiger partial charge in [-0.05, 0) is 57.6 Å². The van der Waals surface area contributed by atoms with E-state index in [-0.39, 0.29) is 5.91 Å². The number of likely N-dealkylation sites (N-methyl/N-ethyl adjacent to an activating group) is 1. The van der Waals surface area contributed by atoms with E-state index in [0.29, 0.717) is 31.6 Å². The molecule has 0 spiro atoms. The number of β-amino-alcohol motifs (C(OH)–C–C–N with tert-alkyl or cyclic N) is 1. The predicted octanol–water partition coefficient (Wildman–Crippen LogP) is 1.43. The number of aliphatic hydroxyl groups is 1. The van der Waals surface area contributed by atoms with Crippen molar-refractivity contribution in [2.75, 3.05) is 51.7 Å². The molecule has 23 heavy (non-hydrogen) atoms. The van der Waals surface area contributed by atoms with E-state index in [4.69, 9.17) is 0 Å². The van der Waals surface area contributed by atoms with E-state index in [1.54, 1.807) is 4.90 Å². The van der Waals surface area contributed by atoms with Gasteiger partial charge < -0.3 is 19.8 Å². The molecule has 0 bridgehead atoms. The molecule has 0 aromatic heterocycles. The fourth-order valence-electron chi connectivity index (χ4n) is 3.72. The predicted molar refractivity (Wildman–Crippen MR) is 91.9 cm³/mol. The summed E-state index contributed by atoms with van der Waals surface area (Å²) in [6.45, 7) is 3.84. The monoisotopic (exact) mass is 317 g/mol. The minimum Gasteiger partial charge on any atom is -0.387 e. The maximum atomic E-state index is 12.6. The van der Waals surface area contributed by atoms with Gasteiger partial charge in [-0.3, -0.25) is 4.79 Å². The molecule has 2 aliphatic rings. The van der Waals surface area contributed by atoms with E-state index in [0.717, 1.165) is 13.1 Å². The Hall–Kier alpha value is -1.59. The molecule has 0 unspecified atom stereocenters. The van der Waals surface area contributed by atoms with Gasteiger partial charge in [0.25, 0.3) is 5.91 Å². The van der Waals surface area contributed by atoms with Crippen LogP contribution in [0.5, 0.6) is 0 Å². The number of hydrogen-bond donors (Lipinski definition) is 1. The molecule has 1 aromatic rings. The number of nitrogens with zero attached hydrogens (tertiary/aromatic N) is 3. The van der Waals surface area contributed by atoms with Crippen LogP contribution < -0.4 is 4.90 Å². The van der Waals surface area contributed by atoms with Crippen molar-refractivity contribution in [1.82, 2.24) is 9.80 Å². The first-order chi connectivity index (χ1) is 11.0. The van der Waals surface area contributed by atoms with Crippen molar-refractivity contribution in [2.45, 2.75) is 24.9 Å². The first-order valence-corrected chi connectivity index (χ1v) is 8.48. The largest absolute Gasteiger partial charge is 0.387 e. The fourth-order valence-corrected chi connectivity index (χ4v) is 3.72. The van der Waals surface area contributed by atoms with Gasteiger partial charge in [0.05, 0.1) is 12.1 Å². The van der Waals surface area contributed by atoms with Crippen molar-refractivity contribution in [3.8, 4) is 0 Å². The fraction of sp³-hybridized carbons (Fsp3) is 0.611. The summed E-state index contributed by atoms with van der Waals surface area (Å²) in [7, 11) is 3.89. The molecular weight excluding hydrogens is 290 g/mol. The van der Waals surface area contributed by atoms with Crippen LogP contribution in [-0.4, -0.2) is 73.2 Å². The molecular formula is C18H27N3O2. The number of amides is 1. The number of hydrogen-bond acceptors (Lipinski definition) is 4. The Labute approximate surface area is 138 Å². The van der Waals surface area contributed by atoms with Crippen LogP contribution in [0.3, 0.4) is 0 Å². The summed E-state index contributed by atoms with van der Waals surface area (Å²) in [5.74, 6) is 0.0210. The Bertz CT molecular complexity index is 552. The molecule has 0 aliphatic carbocycles. The molecule has 2 heterocycles. The second-order valence-corrected chi connectivity index (χ2v) is 7.18. The van der Waals surface area contributed by atoms with Crippen LogP contribution in [0.2, 0.25) is 0 Å². The highest BCUT2D eigenvalue weighted by Crippen LogP contribution is 2.25. The van der Waals surface area contributed by atoms with Gasteiger partial charge in [-0.15, -0.1) is 0 Å². The first-order valence-electron chi connectivity index (χ1n) is 8.48. The number of anilines is 1. The Morgan fingerprint density at radius 2 is 1.83 bits per heavy atom. The normalized spacial score (nSPS) is 24.7. The van der Waals surface area contributed by atoms with Crippen molar-refractivity contribution in [3.63, 3.8) is 0 Å². The van der Waals surface area contributed by atoms with Gasteiger partial charge in [0, 0.05) is 37.4 Å². The molecule has 3 rings (SSSR count). The van der Waals surface area contributed by atoms with Gasteiger partial charge in [-0.2, -0.15) is 0 Å². The zero-order valence-electron chi connectivity index (χ0n) is 14.2. The quantitative estimate of drug-likeness (QED) is 0.912. The molecule has 0 saturated carbocycles. The second kappa shape index (κ2) is 6.49. The van der Waals surface area contributed by atoms with Crippen LogP contribution in [0, 0.1) is 0 Å². The average Bonchev–Trinajstić information content (AvgIpc) is 3.16. The van der Waals surface area contributed by atoms with Gasteiger partial charge in [-0.25, -0.2) is 0 Å². The second-order valence-electron chi connectivity index (χ2n) is 7.18. The Balaban J connectivity index is 1.64. The topological polar surface area (TPSA) is 47.0 Å². The average molecular weight is 317 g/mol. The minimum atomic E-state index is -0.783. The summed E-state index contributed by atoms with van der Waals surface area (Å²) in [5.41, 5.74) is 1.13. The van der Waals surface area contributed by atoms with E-state index in [1.165, 1.54) is 18.5 Å². The molecule has 126 valence electrons. The van der Waals surface area contributed by atoms with Crippen molar-refractivity contribution in [2.24, 2.45) is 0 Å². The van der Waals surface area contributed by atoms with E-state index in [1.807, 2.05) is 43.3 Å². The third kappa shape index (κ3) is 3.67. The molecule has 5 heteroatoms. The lowest BCUT2D eigenvalue weighted by Crippen LogP contribution is -2.43. The highest BCUT2D eigenvalue weighted by Gasteiger charge is 2.38. The van der Waals surface area contributed by atoms with E-state index in [2.05, 4.69) is 4.90 Å². The van der Waals surface area contributed by atoms with Crippen LogP contribution in [0.1, 0.15) is 29.6 Å². The molecule has 0 radical (unpaired) electrons. The molecule has 2 aliphatic heterocycles. The number of likely N-dealkylation sites (tertiary alicyclic amines) is 1. The summed E-state index contributed by atoms with van der Waals surface area (Å²) in [6.07, 6.45) is 3.14. The van der Waals surface area contributed by atoms with Crippen LogP contribution in [0.25, 0.3) is 0 Å². The summed E-state index contributed by atoms with van der Waals surface area (Å²) in [5, 5.41) is 10.6. The number of rotatable bonds is 4. The van der Waals surface area contributed by atoms with Gasteiger partial charge in [0.15, 0.2) is 0 Å². The van der Waals surface area contributed by atoms with E-state index >= 15 is 0 Å². The van der Waals surface area contributed by atoms with Crippen molar-refractivity contribution in [1.29, 1.82) is 0 Å². The standard InChI is InChI=1S/C18H27N3O2/c1-19(2)13-18(23)9-12-21(14-18)17(22)15-5-7-16(8-6-15)20-10-3-4-11-20/h5-8,23H,3-4,9-14H2,1-2H3/t18-/m0/s1. The zero-order valence-corrected chi connectivity index (χ0v) is 14.2. The maximum Gasteiger partial charge on any atom is 0.253 e. The molecule has 1 amide bonds.